The summed E-state index contributed by atoms with van der Waals surface area (Å²) in [6.07, 6.45) is -0.406. The summed E-state index contributed by atoms with van der Waals surface area (Å²) in [5.41, 5.74) is -1.65. The molecule has 1 spiro atoms. The van der Waals surface area contributed by atoms with Gasteiger partial charge in [0.25, 0.3) is 5.92 Å². The molecular weight excluding hydrogens is 869 g/mol. The summed E-state index contributed by atoms with van der Waals surface area (Å²) in [5, 5.41) is 13.8. The zero-order chi connectivity index (χ0) is 49.7. The molecule has 2 saturated heterocycles. The van der Waals surface area contributed by atoms with Crippen LogP contribution in [0.15, 0.2) is 60.7 Å². The highest BCUT2D eigenvalue weighted by Gasteiger charge is 2.64. The van der Waals surface area contributed by atoms with Gasteiger partial charge >= 0.3 is 12.2 Å². The van der Waals surface area contributed by atoms with Crippen LogP contribution in [0.3, 0.4) is 0 Å². The van der Waals surface area contributed by atoms with E-state index in [0.717, 1.165) is 10.5 Å². The average molecular weight is 940 g/mol. The van der Waals surface area contributed by atoms with Crippen LogP contribution in [0.5, 0.6) is 0 Å². The van der Waals surface area contributed by atoms with E-state index >= 15 is 8.78 Å². The second-order valence-corrected chi connectivity index (χ2v) is 20.2. The molecular formula is C49H71F2N7O9. The largest absolute Gasteiger partial charge is 0.444 e. The van der Waals surface area contributed by atoms with E-state index in [-0.39, 0.29) is 64.2 Å². The third-order valence-electron chi connectivity index (χ3n) is 11.5. The monoisotopic (exact) mass is 940 g/mol. The summed E-state index contributed by atoms with van der Waals surface area (Å²) < 4.78 is 41.9. The second-order valence-electron chi connectivity index (χ2n) is 20.2. The Labute approximate surface area is 393 Å². The van der Waals surface area contributed by atoms with Gasteiger partial charge in [-0.2, -0.15) is 0 Å². The van der Waals surface area contributed by atoms with Crippen molar-refractivity contribution in [2.75, 3.05) is 32.7 Å². The number of rotatable bonds is 19. The Morgan fingerprint density at radius 1 is 0.642 bits per heavy atom. The lowest BCUT2D eigenvalue weighted by atomic mass is 9.69. The summed E-state index contributed by atoms with van der Waals surface area (Å²) in [5.74, 6) is -6.48. The number of carbonyl (C=O) groups is 7. The van der Waals surface area contributed by atoms with Crippen molar-refractivity contribution in [3.63, 3.8) is 0 Å². The van der Waals surface area contributed by atoms with Crippen molar-refractivity contribution in [3.05, 3.63) is 71.8 Å². The van der Waals surface area contributed by atoms with Gasteiger partial charge in [-0.25, -0.2) is 18.4 Å². The van der Waals surface area contributed by atoms with Gasteiger partial charge in [-0.3, -0.25) is 24.0 Å². The Hall–Kier alpha value is -5.81. The molecule has 16 nitrogen and oxygen atoms in total. The van der Waals surface area contributed by atoms with Crippen LogP contribution < -0.4 is 26.6 Å². The molecule has 7 amide bonds. The van der Waals surface area contributed by atoms with Crippen molar-refractivity contribution < 1.29 is 51.8 Å². The predicted octanol–water partition coefficient (Wildman–Crippen LogP) is 5.28. The van der Waals surface area contributed by atoms with Crippen LogP contribution in [0.2, 0.25) is 0 Å². The molecule has 2 aliphatic heterocycles. The minimum atomic E-state index is -3.24. The van der Waals surface area contributed by atoms with Gasteiger partial charge < -0.3 is 45.9 Å². The number of ether oxygens (including phenoxy) is 2. The van der Waals surface area contributed by atoms with Gasteiger partial charge in [0.1, 0.15) is 35.4 Å². The van der Waals surface area contributed by atoms with Gasteiger partial charge in [0.05, 0.1) is 12.0 Å². The first-order valence-electron chi connectivity index (χ1n) is 23.1. The number of nitrogens with one attached hydrogen (secondary N) is 5. The van der Waals surface area contributed by atoms with Gasteiger partial charge in [0.2, 0.25) is 29.5 Å². The van der Waals surface area contributed by atoms with Gasteiger partial charge in [-0.1, -0.05) is 74.5 Å². The number of hydrogen-bond acceptors (Lipinski definition) is 9. The Morgan fingerprint density at radius 3 is 1.61 bits per heavy atom. The number of likely N-dealkylation sites (tertiary alicyclic amines) is 2. The number of unbranched alkanes of at least 4 members (excludes halogenated alkanes) is 1. The standard InChI is InChI=1S/C49H71F2N7O9/c1-32(2)26-37(54-41(61)38(27-34-18-12-10-13-19-34)55-42(62)39(28-35-20-14-11-15-21-35)56-45(65)67-47(7,8)9)40(60)53-36(22-16-17-24-52-44(64)66-46(4,5)6)43(63)58-29-48(30-58)23-25-57(33(3)59)31-49(48,50)51/h10-15,18-21,32,36-39H,16-17,22-31H2,1-9H3,(H,52,64)(H,53,60)(H,54,61)(H,55,62)(H,56,65)/t36-,37-,38-,39-/m1/s1. The Balaban J connectivity index is 1.55. The first-order chi connectivity index (χ1) is 31.3. The number of alkyl carbamates (subject to hydrolysis) is 2. The van der Waals surface area contributed by atoms with E-state index in [1.165, 1.54) is 11.8 Å². The molecule has 4 atom stereocenters. The summed E-state index contributed by atoms with van der Waals surface area (Å²) in [7, 11) is 0. The lowest BCUT2D eigenvalue weighted by Gasteiger charge is -2.57. The topological polar surface area (TPSA) is 205 Å². The van der Waals surface area contributed by atoms with Crippen LogP contribution in [0, 0.1) is 11.3 Å². The van der Waals surface area contributed by atoms with Crippen molar-refractivity contribution in [1.82, 2.24) is 36.4 Å². The first kappa shape index (κ1) is 53.8. The van der Waals surface area contributed by atoms with Gasteiger partial charge in [0, 0.05) is 45.9 Å². The zero-order valence-electron chi connectivity index (χ0n) is 40.5. The number of hydrogen-bond donors (Lipinski definition) is 5. The molecule has 0 saturated carbocycles. The van der Waals surface area contributed by atoms with E-state index < -0.39 is 95.0 Å². The molecule has 18 heteroatoms. The van der Waals surface area contributed by atoms with E-state index in [1.54, 1.807) is 96.1 Å². The van der Waals surface area contributed by atoms with Crippen LogP contribution in [0.4, 0.5) is 18.4 Å². The minimum absolute atomic E-state index is 0.00394. The third kappa shape index (κ3) is 16.8. The van der Waals surface area contributed by atoms with Crippen molar-refractivity contribution in [1.29, 1.82) is 0 Å². The molecule has 0 bridgehead atoms. The van der Waals surface area contributed by atoms with Crippen LogP contribution in [0.1, 0.15) is 106 Å². The first-order valence-corrected chi connectivity index (χ1v) is 23.1. The van der Waals surface area contributed by atoms with Crippen molar-refractivity contribution in [2.24, 2.45) is 11.3 Å². The van der Waals surface area contributed by atoms with Crippen molar-refractivity contribution in [2.45, 2.75) is 149 Å². The maximum Gasteiger partial charge on any atom is 0.408 e. The lowest BCUT2D eigenvalue weighted by Crippen LogP contribution is -2.72. The molecule has 5 N–H and O–H groups in total. The Bertz CT molecular complexity index is 2020. The molecule has 2 aliphatic rings. The van der Waals surface area contributed by atoms with E-state index in [1.807, 2.05) is 19.9 Å². The summed E-state index contributed by atoms with van der Waals surface area (Å²) in [6, 6.07) is 13.2. The van der Waals surface area contributed by atoms with E-state index in [9.17, 15) is 33.6 Å². The van der Waals surface area contributed by atoms with E-state index in [2.05, 4.69) is 26.6 Å². The Morgan fingerprint density at radius 2 is 1.12 bits per heavy atom. The highest BCUT2D eigenvalue weighted by atomic mass is 19.3. The normalized spacial score (nSPS) is 17.2. The molecule has 0 aromatic heterocycles. The molecule has 2 fully saturated rings. The number of carbonyl (C=O) groups excluding carboxylic acids is 7. The predicted molar refractivity (Wildman–Crippen MR) is 248 cm³/mol. The molecule has 2 aromatic rings. The number of piperidine rings is 1. The SMILES string of the molecule is CC(=O)N1CCC2(CN(C(=O)[C@@H](CCCCNC(=O)OC(C)(C)C)NC(=O)[C@@H](CC(C)C)NC(=O)[C@@H](Cc3ccccc3)NC(=O)[C@@H](Cc3ccccc3)NC(=O)OC(C)(C)C)C2)C(F)(F)C1. The van der Waals surface area contributed by atoms with Crippen LogP contribution in [-0.4, -0.2) is 126 Å². The molecule has 67 heavy (non-hydrogen) atoms. The lowest BCUT2D eigenvalue weighted by molar-refractivity contribution is -0.224. The fourth-order valence-electron chi connectivity index (χ4n) is 8.06. The van der Waals surface area contributed by atoms with Crippen LogP contribution >= 0.6 is 0 Å². The van der Waals surface area contributed by atoms with Gasteiger partial charge in [0.15, 0.2) is 0 Å². The third-order valence-corrected chi connectivity index (χ3v) is 11.5. The molecule has 370 valence electrons. The smallest absolute Gasteiger partial charge is 0.408 e. The fraction of sp³-hybridized carbons (Fsp3) is 0.612. The minimum Gasteiger partial charge on any atom is -0.444 e. The summed E-state index contributed by atoms with van der Waals surface area (Å²) in [4.78, 5) is 96.6. The number of halogens is 2. The number of alkyl halides is 2. The van der Waals surface area contributed by atoms with E-state index in [0.29, 0.717) is 18.4 Å². The van der Waals surface area contributed by atoms with E-state index in [4.69, 9.17) is 9.47 Å². The molecule has 4 rings (SSSR count). The highest BCUT2D eigenvalue weighted by molar-refractivity contribution is 5.95. The maximum absolute atomic E-state index is 15.6. The summed E-state index contributed by atoms with van der Waals surface area (Å²) >= 11 is 0. The number of benzene rings is 2. The quantitative estimate of drug-likeness (QED) is 0.116. The average Bonchev–Trinajstić information content (AvgIpc) is 3.20. The van der Waals surface area contributed by atoms with Crippen molar-refractivity contribution in [3.8, 4) is 0 Å². The molecule has 0 unspecified atom stereocenters. The fourth-order valence-corrected chi connectivity index (χ4v) is 8.06. The number of nitrogens with zero attached hydrogens (tertiary/aromatic N) is 2. The van der Waals surface area contributed by atoms with Crippen LogP contribution in [0.25, 0.3) is 0 Å². The Kier molecular flexibility index (Phi) is 18.7. The van der Waals surface area contributed by atoms with Gasteiger partial charge in [-0.05, 0) is 90.7 Å². The molecule has 2 aromatic carbocycles. The molecule has 0 aliphatic carbocycles. The second kappa shape index (κ2) is 23.3. The highest BCUT2D eigenvalue weighted by Crippen LogP contribution is 2.50. The molecule has 2 heterocycles. The summed E-state index contributed by atoms with van der Waals surface area (Å²) in [6.45, 7) is 14.3. The number of amides is 7. The van der Waals surface area contributed by atoms with Crippen LogP contribution in [-0.2, 0) is 46.3 Å². The zero-order valence-corrected chi connectivity index (χ0v) is 40.5. The maximum atomic E-state index is 15.6. The van der Waals surface area contributed by atoms with Crippen molar-refractivity contribution >= 4 is 41.7 Å². The molecule has 0 radical (unpaired) electrons. The van der Waals surface area contributed by atoms with Gasteiger partial charge in [-0.15, -0.1) is 0 Å².